The topological polar surface area (TPSA) is 133 Å². The van der Waals surface area contributed by atoms with Gasteiger partial charge in [0.15, 0.2) is 5.69 Å². The normalized spacial score (nSPS) is 12.5. The van der Waals surface area contributed by atoms with Crippen LogP contribution >= 0.6 is 11.3 Å². The molecule has 9 nitrogen and oxygen atoms in total. The number of nitrogens with zero attached hydrogens (tertiary/aromatic N) is 1. The number of hydrogen-bond acceptors (Lipinski definition) is 8. The Hall–Kier alpha value is -5.32. The molecule has 0 saturated heterocycles. The fourth-order valence-corrected chi connectivity index (χ4v) is 7.00. The summed E-state index contributed by atoms with van der Waals surface area (Å²) < 4.78 is 11.3. The Labute approximate surface area is 283 Å². The summed E-state index contributed by atoms with van der Waals surface area (Å²) in [5.41, 5.74) is 13.1. The van der Waals surface area contributed by atoms with Gasteiger partial charge in [-0.1, -0.05) is 42.5 Å². The fourth-order valence-electron chi connectivity index (χ4n) is 6.03. The molecule has 0 aliphatic carbocycles. The monoisotopic (exact) mass is 660 g/mol. The number of methoxy groups -OCH3 is 1. The maximum atomic E-state index is 14.3. The zero-order valence-corrected chi connectivity index (χ0v) is 28.0. The maximum absolute atomic E-state index is 14.3. The first-order valence-electron chi connectivity index (χ1n) is 15.6. The lowest BCUT2D eigenvalue weighted by Crippen LogP contribution is -2.28. The number of ether oxygens (including phenoxy) is 2. The first-order valence-corrected chi connectivity index (χ1v) is 16.5. The van der Waals surface area contributed by atoms with E-state index in [9.17, 15) is 14.4 Å². The molecular weight excluding hydrogens is 625 g/mol. The fraction of sp³-hybridized carbons (Fsp3) is 0.211. The number of amides is 2. The Morgan fingerprint density at radius 1 is 0.958 bits per heavy atom. The molecule has 2 amide bonds. The number of benzene rings is 3. The van der Waals surface area contributed by atoms with Crippen LogP contribution in [0.3, 0.4) is 0 Å². The highest BCUT2D eigenvalue weighted by atomic mass is 32.1. The van der Waals surface area contributed by atoms with Crippen LogP contribution in [0.25, 0.3) is 21.6 Å². The van der Waals surface area contributed by atoms with Crippen LogP contribution in [0.15, 0.2) is 78.2 Å². The molecule has 5 aromatic rings. The van der Waals surface area contributed by atoms with Crippen molar-refractivity contribution in [2.45, 2.75) is 39.8 Å². The Morgan fingerprint density at radius 3 is 2.42 bits per heavy atom. The molecule has 1 atom stereocenters. The highest BCUT2D eigenvalue weighted by Gasteiger charge is 2.27. The predicted molar refractivity (Wildman–Crippen MR) is 188 cm³/mol. The lowest BCUT2D eigenvalue weighted by atomic mass is 9.93. The lowest BCUT2D eigenvalue weighted by Gasteiger charge is -2.19. The SMILES string of the molecule is COC(=O)c1nc(C(=O)NC(C)c2ccccc2)ccc1-c1cc2c(cc1C(=O)Nc1c(C)cc(CN)cc1C)-c1sccc1CCO2. The number of pyridine rings is 1. The number of carbonyl (C=O) groups is 3. The molecule has 0 bridgehead atoms. The van der Waals surface area contributed by atoms with Crippen molar-refractivity contribution in [2.75, 3.05) is 19.0 Å². The van der Waals surface area contributed by atoms with Gasteiger partial charge in [0.1, 0.15) is 11.4 Å². The summed E-state index contributed by atoms with van der Waals surface area (Å²) in [5.74, 6) is -1.00. The van der Waals surface area contributed by atoms with E-state index in [4.69, 9.17) is 15.2 Å². The van der Waals surface area contributed by atoms with Crippen molar-refractivity contribution in [1.82, 2.24) is 10.3 Å². The van der Waals surface area contributed by atoms with Gasteiger partial charge in [-0.25, -0.2) is 9.78 Å². The zero-order chi connectivity index (χ0) is 33.9. The van der Waals surface area contributed by atoms with Gasteiger partial charge in [0.2, 0.25) is 0 Å². The lowest BCUT2D eigenvalue weighted by molar-refractivity contribution is 0.0594. The standard InChI is InChI=1S/C38H36N4O5S/c1-21-16-24(20-39)17-22(2)33(21)42-36(43)29-18-30-32(47-14-12-26-13-15-48-35(26)30)19-28(29)27-10-11-31(41-34(27)38(45)46-4)37(44)40-23(3)25-8-6-5-7-9-25/h5-11,13,15-19,23H,12,14,20,39H2,1-4H3,(H,40,44)(H,42,43). The van der Waals surface area contributed by atoms with E-state index in [1.165, 1.54) is 7.11 Å². The van der Waals surface area contributed by atoms with E-state index in [0.717, 1.165) is 44.7 Å². The van der Waals surface area contributed by atoms with Crippen LogP contribution in [-0.4, -0.2) is 36.5 Å². The number of fused-ring (bicyclic) bond motifs is 3. The van der Waals surface area contributed by atoms with Crippen LogP contribution in [0, 0.1) is 13.8 Å². The van der Waals surface area contributed by atoms with Crippen molar-refractivity contribution in [3.05, 3.63) is 123 Å². The third kappa shape index (κ3) is 6.45. The summed E-state index contributed by atoms with van der Waals surface area (Å²) in [6.45, 7) is 6.56. The second-order valence-corrected chi connectivity index (χ2v) is 12.6. The van der Waals surface area contributed by atoms with Gasteiger partial charge < -0.3 is 25.8 Å². The van der Waals surface area contributed by atoms with Crippen molar-refractivity contribution in [3.63, 3.8) is 0 Å². The largest absolute Gasteiger partial charge is 0.493 e. The van der Waals surface area contributed by atoms with Gasteiger partial charge in [-0.15, -0.1) is 11.3 Å². The second-order valence-electron chi connectivity index (χ2n) is 11.7. The van der Waals surface area contributed by atoms with Crippen LogP contribution in [0.1, 0.15) is 72.1 Å². The molecule has 1 unspecified atom stereocenters. The first-order chi connectivity index (χ1) is 23.2. The van der Waals surface area contributed by atoms with E-state index in [0.29, 0.717) is 41.3 Å². The summed E-state index contributed by atoms with van der Waals surface area (Å²) in [6.07, 6.45) is 0.719. The smallest absolute Gasteiger partial charge is 0.357 e. The molecule has 3 heterocycles. The van der Waals surface area contributed by atoms with Gasteiger partial charge in [-0.05, 0) is 84.3 Å². The molecule has 4 N–H and O–H groups in total. The molecule has 1 aliphatic rings. The number of carbonyl (C=O) groups excluding carboxylic acids is 3. The number of aryl methyl sites for hydroxylation is 2. The molecule has 244 valence electrons. The minimum atomic E-state index is -0.748. The van der Waals surface area contributed by atoms with Crippen molar-refractivity contribution in [2.24, 2.45) is 5.73 Å². The van der Waals surface area contributed by atoms with Crippen molar-refractivity contribution >= 4 is 34.8 Å². The summed E-state index contributed by atoms with van der Waals surface area (Å²) in [5, 5.41) is 8.08. The molecule has 1 aliphatic heterocycles. The molecule has 0 radical (unpaired) electrons. The molecule has 2 aromatic heterocycles. The van der Waals surface area contributed by atoms with E-state index in [2.05, 4.69) is 21.7 Å². The Kier molecular flexibility index (Phi) is 9.38. The van der Waals surface area contributed by atoms with Crippen LogP contribution in [0.4, 0.5) is 5.69 Å². The number of hydrogen-bond donors (Lipinski definition) is 3. The number of esters is 1. The van der Waals surface area contributed by atoms with Crippen LogP contribution in [0.2, 0.25) is 0 Å². The van der Waals surface area contributed by atoms with Gasteiger partial charge in [0.25, 0.3) is 11.8 Å². The summed E-state index contributed by atoms with van der Waals surface area (Å²) in [6, 6.07) is 22.0. The van der Waals surface area contributed by atoms with E-state index in [1.54, 1.807) is 29.5 Å². The predicted octanol–water partition coefficient (Wildman–Crippen LogP) is 7.02. The molecule has 3 aromatic carbocycles. The van der Waals surface area contributed by atoms with Crippen molar-refractivity contribution in [1.29, 1.82) is 0 Å². The van der Waals surface area contributed by atoms with Crippen molar-refractivity contribution < 1.29 is 23.9 Å². The van der Waals surface area contributed by atoms with Gasteiger partial charge in [-0.3, -0.25) is 9.59 Å². The average Bonchev–Trinajstić information content (AvgIpc) is 3.50. The highest BCUT2D eigenvalue weighted by molar-refractivity contribution is 7.13. The summed E-state index contributed by atoms with van der Waals surface area (Å²) in [4.78, 5) is 46.4. The van der Waals surface area contributed by atoms with E-state index in [-0.39, 0.29) is 23.3 Å². The van der Waals surface area contributed by atoms with E-state index < -0.39 is 11.9 Å². The van der Waals surface area contributed by atoms with Gasteiger partial charge in [-0.2, -0.15) is 0 Å². The van der Waals surface area contributed by atoms with Crippen LogP contribution < -0.4 is 21.1 Å². The average molecular weight is 661 g/mol. The Balaban J connectivity index is 1.47. The maximum Gasteiger partial charge on any atom is 0.357 e. The van der Waals surface area contributed by atoms with Crippen LogP contribution in [0.5, 0.6) is 5.75 Å². The molecule has 0 fully saturated rings. The summed E-state index contributed by atoms with van der Waals surface area (Å²) in [7, 11) is 1.25. The van der Waals surface area contributed by atoms with Crippen LogP contribution in [-0.2, 0) is 17.7 Å². The van der Waals surface area contributed by atoms with Gasteiger partial charge in [0, 0.05) is 45.8 Å². The molecule has 10 heteroatoms. The first kappa shape index (κ1) is 32.6. The number of rotatable bonds is 8. The van der Waals surface area contributed by atoms with E-state index in [1.807, 2.05) is 74.7 Å². The molecule has 0 spiro atoms. The Bertz CT molecular complexity index is 2020. The third-order valence-electron chi connectivity index (χ3n) is 8.50. The van der Waals surface area contributed by atoms with E-state index >= 15 is 0 Å². The second kappa shape index (κ2) is 13.8. The summed E-state index contributed by atoms with van der Waals surface area (Å²) >= 11 is 1.58. The number of anilines is 1. The number of nitrogens with one attached hydrogen (secondary N) is 2. The quantitative estimate of drug-likeness (QED) is 0.152. The minimum Gasteiger partial charge on any atom is -0.493 e. The molecule has 0 saturated carbocycles. The van der Waals surface area contributed by atoms with Gasteiger partial charge in [0.05, 0.1) is 19.8 Å². The number of aromatic nitrogens is 1. The molecule has 48 heavy (non-hydrogen) atoms. The highest BCUT2D eigenvalue weighted by Crippen LogP contribution is 2.43. The molecular formula is C38H36N4O5S. The molecule has 6 rings (SSSR count). The zero-order valence-electron chi connectivity index (χ0n) is 27.2. The number of nitrogens with two attached hydrogens (primary N) is 1. The van der Waals surface area contributed by atoms with Crippen molar-refractivity contribution in [3.8, 4) is 27.3 Å². The number of thiophene rings is 1. The van der Waals surface area contributed by atoms with Gasteiger partial charge >= 0.3 is 5.97 Å². The minimum absolute atomic E-state index is 0.0356. The third-order valence-corrected chi connectivity index (χ3v) is 9.49. The Morgan fingerprint density at radius 2 is 1.71 bits per heavy atom.